The molecule has 20 heavy (non-hydrogen) atoms. The van der Waals surface area contributed by atoms with Crippen molar-refractivity contribution in [2.45, 2.75) is 70.6 Å². The molecule has 1 N–H and O–H groups in total. The summed E-state index contributed by atoms with van der Waals surface area (Å²) in [5.74, 6) is 0.670. The first-order valence-corrected chi connectivity index (χ1v) is 8.72. The van der Waals surface area contributed by atoms with Gasteiger partial charge in [0.1, 0.15) is 0 Å². The molecule has 1 atom stereocenters. The fraction of sp³-hybridized carbons (Fsp3) is 0.667. The summed E-state index contributed by atoms with van der Waals surface area (Å²) in [7, 11) is 0. The normalized spacial score (nSPS) is 17.0. The van der Waals surface area contributed by atoms with Gasteiger partial charge in [-0.25, -0.2) is 0 Å². The number of benzene rings is 1. The lowest BCUT2D eigenvalue weighted by atomic mass is 9.94. The van der Waals surface area contributed by atoms with Gasteiger partial charge in [0.2, 0.25) is 0 Å². The zero-order chi connectivity index (χ0) is 14.2. The predicted octanol–water partition coefficient (Wildman–Crippen LogP) is 6.38. The maximum Gasteiger partial charge on any atom is 0.0410 e. The number of anilines is 1. The summed E-state index contributed by atoms with van der Waals surface area (Å²) in [5, 5.41) is 4.36. The SMILES string of the molecule is CCCCCCCCCCC1CNc2ccc(Cl)cc21. The molecule has 0 saturated heterocycles. The van der Waals surface area contributed by atoms with E-state index in [2.05, 4.69) is 24.4 Å². The Hall–Kier alpha value is -0.690. The van der Waals surface area contributed by atoms with Gasteiger partial charge in [-0.05, 0) is 30.2 Å². The summed E-state index contributed by atoms with van der Waals surface area (Å²) < 4.78 is 0. The van der Waals surface area contributed by atoms with Crippen LogP contribution in [0.3, 0.4) is 0 Å². The van der Waals surface area contributed by atoms with Crippen LogP contribution < -0.4 is 5.32 Å². The Bertz CT molecular complexity index is 402. The highest BCUT2D eigenvalue weighted by atomic mass is 35.5. The summed E-state index contributed by atoms with van der Waals surface area (Å²) in [6.07, 6.45) is 12.5. The van der Waals surface area contributed by atoms with Crippen molar-refractivity contribution in [1.82, 2.24) is 0 Å². The second-order valence-corrected chi connectivity index (χ2v) is 6.51. The summed E-state index contributed by atoms with van der Waals surface area (Å²) in [5.41, 5.74) is 2.72. The van der Waals surface area contributed by atoms with Gasteiger partial charge >= 0.3 is 0 Å². The molecule has 1 aromatic rings. The van der Waals surface area contributed by atoms with E-state index in [0.717, 1.165) is 11.6 Å². The van der Waals surface area contributed by atoms with Crippen LogP contribution in [-0.4, -0.2) is 6.54 Å². The number of rotatable bonds is 9. The molecular weight excluding hydrogens is 266 g/mol. The first-order chi connectivity index (χ1) is 9.81. The molecule has 1 nitrogen and oxygen atoms in total. The van der Waals surface area contributed by atoms with Gasteiger partial charge in [0.15, 0.2) is 0 Å². The molecule has 1 aliphatic heterocycles. The van der Waals surface area contributed by atoms with E-state index in [1.807, 2.05) is 6.07 Å². The average molecular weight is 294 g/mol. The maximum atomic E-state index is 6.11. The standard InChI is InChI=1S/C18H28ClN/c1-2-3-4-5-6-7-8-9-10-15-14-20-18-12-11-16(19)13-17(15)18/h11-13,15,20H,2-10,14H2,1H3. The van der Waals surface area contributed by atoms with Gasteiger partial charge in [-0.1, -0.05) is 69.9 Å². The first kappa shape index (κ1) is 15.7. The van der Waals surface area contributed by atoms with Crippen LogP contribution in [0.5, 0.6) is 0 Å². The van der Waals surface area contributed by atoms with E-state index in [0.29, 0.717) is 5.92 Å². The second kappa shape index (κ2) is 8.56. The van der Waals surface area contributed by atoms with Gasteiger partial charge in [0, 0.05) is 23.2 Å². The molecular formula is C18H28ClN. The Morgan fingerprint density at radius 3 is 2.50 bits per heavy atom. The van der Waals surface area contributed by atoms with Crippen molar-refractivity contribution in [1.29, 1.82) is 0 Å². The minimum atomic E-state index is 0.670. The van der Waals surface area contributed by atoms with Crippen molar-refractivity contribution in [3.63, 3.8) is 0 Å². The quantitative estimate of drug-likeness (QED) is 0.521. The van der Waals surface area contributed by atoms with Crippen molar-refractivity contribution in [2.24, 2.45) is 0 Å². The molecule has 0 aliphatic carbocycles. The molecule has 1 aromatic carbocycles. The van der Waals surface area contributed by atoms with Crippen molar-refractivity contribution in [2.75, 3.05) is 11.9 Å². The second-order valence-electron chi connectivity index (χ2n) is 6.07. The third-order valence-electron chi connectivity index (χ3n) is 4.40. The van der Waals surface area contributed by atoms with Crippen LogP contribution in [0.15, 0.2) is 18.2 Å². The predicted molar refractivity (Wildman–Crippen MR) is 89.9 cm³/mol. The van der Waals surface area contributed by atoms with Gasteiger partial charge in [-0.15, -0.1) is 0 Å². The van der Waals surface area contributed by atoms with Crippen LogP contribution in [0.1, 0.15) is 76.2 Å². The molecule has 2 rings (SSSR count). The van der Waals surface area contributed by atoms with Crippen LogP contribution in [0.2, 0.25) is 5.02 Å². The Labute approximate surface area is 129 Å². The molecule has 1 aliphatic rings. The Kier molecular flexibility index (Phi) is 6.72. The highest BCUT2D eigenvalue weighted by Crippen LogP contribution is 2.36. The van der Waals surface area contributed by atoms with Crippen LogP contribution in [0.25, 0.3) is 0 Å². The van der Waals surface area contributed by atoms with Crippen molar-refractivity contribution in [3.05, 3.63) is 28.8 Å². The Morgan fingerprint density at radius 2 is 1.75 bits per heavy atom. The Morgan fingerprint density at radius 1 is 1.05 bits per heavy atom. The van der Waals surface area contributed by atoms with Gasteiger partial charge in [0.25, 0.3) is 0 Å². The van der Waals surface area contributed by atoms with Crippen molar-refractivity contribution < 1.29 is 0 Å². The maximum absolute atomic E-state index is 6.11. The largest absolute Gasteiger partial charge is 0.384 e. The molecule has 0 amide bonds. The highest BCUT2D eigenvalue weighted by molar-refractivity contribution is 6.30. The van der Waals surface area contributed by atoms with Gasteiger partial charge in [0.05, 0.1) is 0 Å². The molecule has 112 valence electrons. The molecule has 0 aromatic heterocycles. The smallest absolute Gasteiger partial charge is 0.0410 e. The van der Waals surface area contributed by atoms with Crippen molar-refractivity contribution >= 4 is 17.3 Å². The van der Waals surface area contributed by atoms with Gasteiger partial charge in [-0.3, -0.25) is 0 Å². The number of nitrogens with one attached hydrogen (secondary N) is 1. The van der Waals surface area contributed by atoms with E-state index in [-0.39, 0.29) is 0 Å². The zero-order valence-electron chi connectivity index (χ0n) is 12.8. The molecule has 0 bridgehead atoms. The molecule has 0 spiro atoms. The monoisotopic (exact) mass is 293 g/mol. The van der Waals surface area contributed by atoms with Gasteiger partial charge in [-0.2, -0.15) is 0 Å². The van der Waals surface area contributed by atoms with Crippen LogP contribution in [0, 0.1) is 0 Å². The van der Waals surface area contributed by atoms with E-state index >= 15 is 0 Å². The zero-order valence-corrected chi connectivity index (χ0v) is 13.5. The molecule has 1 heterocycles. The van der Waals surface area contributed by atoms with E-state index in [1.54, 1.807) is 0 Å². The van der Waals surface area contributed by atoms with Gasteiger partial charge < -0.3 is 5.32 Å². The lowest BCUT2D eigenvalue weighted by Crippen LogP contribution is -2.01. The minimum absolute atomic E-state index is 0.670. The van der Waals surface area contributed by atoms with Crippen LogP contribution in [0.4, 0.5) is 5.69 Å². The number of halogens is 1. The van der Waals surface area contributed by atoms with Crippen LogP contribution >= 0.6 is 11.6 Å². The molecule has 0 fully saturated rings. The van der Waals surface area contributed by atoms with E-state index < -0.39 is 0 Å². The molecule has 1 unspecified atom stereocenters. The lowest BCUT2D eigenvalue weighted by Gasteiger charge is -2.10. The number of hydrogen-bond acceptors (Lipinski definition) is 1. The third kappa shape index (κ3) is 4.70. The fourth-order valence-electron chi connectivity index (χ4n) is 3.16. The fourth-order valence-corrected chi connectivity index (χ4v) is 3.34. The minimum Gasteiger partial charge on any atom is -0.384 e. The summed E-state index contributed by atoms with van der Waals surface area (Å²) in [4.78, 5) is 0. The molecule has 0 saturated carbocycles. The van der Waals surface area contributed by atoms with E-state index in [4.69, 9.17) is 11.6 Å². The van der Waals surface area contributed by atoms with Crippen LogP contribution in [-0.2, 0) is 0 Å². The lowest BCUT2D eigenvalue weighted by molar-refractivity contribution is 0.543. The number of unbranched alkanes of at least 4 members (excludes halogenated alkanes) is 7. The first-order valence-electron chi connectivity index (χ1n) is 8.34. The third-order valence-corrected chi connectivity index (χ3v) is 4.63. The van der Waals surface area contributed by atoms with Crippen molar-refractivity contribution in [3.8, 4) is 0 Å². The summed E-state index contributed by atoms with van der Waals surface area (Å²) in [6.45, 7) is 3.37. The Balaban J connectivity index is 1.61. The summed E-state index contributed by atoms with van der Waals surface area (Å²) in [6, 6.07) is 6.24. The summed E-state index contributed by atoms with van der Waals surface area (Å²) >= 11 is 6.11. The van der Waals surface area contributed by atoms with E-state index in [9.17, 15) is 0 Å². The number of hydrogen-bond donors (Lipinski definition) is 1. The molecule has 2 heteroatoms. The average Bonchev–Trinajstić information content (AvgIpc) is 2.84. The highest BCUT2D eigenvalue weighted by Gasteiger charge is 2.21. The topological polar surface area (TPSA) is 12.0 Å². The van der Waals surface area contributed by atoms with E-state index in [1.165, 1.54) is 69.0 Å². The number of fused-ring (bicyclic) bond motifs is 1. The molecule has 0 radical (unpaired) electrons.